The van der Waals surface area contributed by atoms with E-state index in [1.807, 2.05) is 0 Å². The molecule has 0 radical (unpaired) electrons. The number of rotatable bonds is 3. The molecule has 3 nitrogen and oxygen atoms in total. The maximum Gasteiger partial charge on any atom is 0.0418 e. The number of fused-ring (bicyclic) bond motifs is 1. The van der Waals surface area contributed by atoms with Crippen LogP contribution in [-0.2, 0) is 13.0 Å². The Morgan fingerprint density at radius 2 is 2.39 bits per heavy atom. The zero-order valence-electron chi connectivity index (χ0n) is 11.2. The zero-order valence-corrected chi connectivity index (χ0v) is 11.2. The molecule has 3 heteroatoms. The molecule has 1 fully saturated rings. The number of likely N-dealkylation sites (tertiary alicyclic amines) is 1. The van der Waals surface area contributed by atoms with Crippen LogP contribution in [0.2, 0.25) is 0 Å². The van der Waals surface area contributed by atoms with Crippen LogP contribution in [0.1, 0.15) is 24.0 Å². The van der Waals surface area contributed by atoms with Crippen molar-refractivity contribution >= 4 is 5.69 Å². The Morgan fingerprint density at radius 3 is 3.22 bits per heavy atom. The average molecular weight is 245 g/mol. The highest BCUT2D eigenvalue weighted by atomic mass is 15.2. The van der Waals surface area contributed by atoms with Crippen molar-refractivity contribution < 1.29 is 0 Å². The van der Waals surface area contributed by atoms with Crippen LogP contribution < -0.4 is 10.6 Å². The summed E-state index contributed by atoms with van der Waals surface area (Å²) in [5.74, 6) is 0. The van der Waals surface area contributed by atoms with E-state index >= 15 is 0 Å². The second-order valence-corrected chi connectivity index (χ2v) is 5.61. The molecular weight excluding hydrogens is 222 g/mol. The van der Waals surface area contributed by atoms with Gasteiger partial charge in [-0.05, 0) is 44.0 Å². The summed E-state index contributed by atoms with van der Waals surface area (Å²) in [4.78, 5) is 2.40. The molecular formula is C15H23N3. The van der Waals surface area contributed by atoms with E-state index < -0.39 is 0 Å². The number of aryl methyl sites for hydroxylation is 1. The molecule has 1 saturated heterocycles. The molecule has 2 aliphatic rings. The van der Waals surface area contributed by atoms with Crippen molar-refractivity contribution in [3.05, 3.63) is 29.3 Å². The van der Waals surface area contributed by atoms with Crippen LogP contribution in [0.15, 0.2) is 18.2 Å². The predicted octanol–water partition coefficient (Wildman–Crippen LogP) is 1.84. The molecule has 0 spiro atoms. The quantitative estimate of drug-likeness (QED) is 0.851. The van der Waals surface area contributed by atoms with E-state index in [9.17, 15) is 0 Å². The summed E-state index contributed by atoms with van der Waals surface area (Å²) < 4.78 is 0. The van der Waals surface area contributed by atoms with Gasteiger partial charge in [-0.15, -0.1) is 0 Å². The molecule has 0 aromatic heterocycles. The number of hydrogen-bond donors (Lipinski definition) is 2. The van der Waals surface area contributed by atoms with Crippen LogP contribution in [0.5, 0.6) is 0 Å². The van der Waals surface area contributed by atoms with Crippen molar-refractivity contribution in [3.8, 4) is 0 Å². The minimum absolute atomic E-state index is 0.662. The largest absolute Gasteiger partial charge is 0.385 e. The van der Waals surface area contributed by atoms with Gasteiger partial charge in [-0.1, -0.05) is 18.2 Å². The first-order valence-electron chi connectivity index (χ1n) is 7.09. The fraction of sp³-hybridized carbons (Fsp3) is 0.600. The van der Waals surface area contributed by atoms with Gasteiger partial charge in [0.05, 0.1) is 0 Å². The van der Waals surface area contributed by atoms with Gasteiger partial charge in [0, 0.05) is 31.4 Å². The lowest BCUT2D eigenvalue weighted by atomic mass is 9.99. The molecule has 1 unspecified atom stereocenters. The molecule has 0 aliphatic carbocycles. The van der Waals surface area contributed by atoms with Crippen LogP contribution in [0.3, 0.4) is 0 Å². The summed E-state index contributed by atoms with van der Waals surface area (Å²) in [5.41, 5.74) is 4.31. The Morgan fingerprint density at radius 1 is 1.44 bits per heavy atom. The standard InChI is InChI=1S/C15H23N3/c1-18-9-7-14(11-18)17-10-13-5-2-4-12-6-3-8-16-15(12)13/h2,4-5,14,16-17H,3,6-11H2,1H3. The molecule has 2 N–H and O–H groups in total. The molecule has 1 aromatic rings. The Bertz CT molecular complexity index is 416. The molecule has 98 valence electrons. The van der Waals surface area contributed by atoms with Gasteiger partial charge in [-0.3, -0.25) is 0 Å². The Labute approximate surface area is 110 Å². The van der Waals surface area contributed by atoms with Crippen molar-refractivity contribution in [2.24, 2.45) is 0 Å². The summed E-state index contributed by atoms with van der Waals surface area (Å²) in [6, 6.07) is 7.37. The fourth-order valence-electron chi connectivity index (χ4n) is 3.08. The van der Waals surface area contributed by atoms with Gasteiger partial charge in [-0.2, -0.15) is 0 Å². The molecule has 2 aliphatic heterocycles. The first-order chi connectivity index (χ1) is 8.83. The summed E-state index contributed by atoms with van der Waals surface area (Å²) in [5, 5.41) is 7.26. The number of likely N-dealkylation sites (N-methyl/N-ethyl adjacent to an activating group) is 1. The Kier molecular flexibility index (Phi) is 3.52. The molecule has 18 heavy (non-hydrogen) atoms. The molecule has 1 atom stereocenters. The lowest BCUT2D eigenvalue weighted by Crippen LogP contribution is -2.31. The minimum Gasteiger partial charge on any atom is -0.385 e. The van der Waals surface area contributed by atoms with Gasteiger partial charge in [0.25, 0.3) is 0 Å². The van der Waals surface area contributed by atoms with Crippen molar-refractivity contribution in [1.29, 1.82) is 0 Å². The van der Waals surface area contributed by atoms with E-state index in [0.29, 0.717) is 6.04 Å². The van der Waals surface area contributed by atoms with E-state index in [1.165, 1.54) is 49.2 Å². The Balaban J connectivity index is 1.65. The molecule has 2 heterocycles. The van der Waals surface area contributed by atoms with Gasteiger partial charge in [0.1, 0.15) is 0 Å². The van der Waals surface area contributed by atoms with E-state index in [1.54, 1.807) is 0 Å². The van der Waals surface area contributed by atoms with Crippen molar-refractivity contribution in [1.82, 2.24) is 10.2 Å². The minimum atomic E-state index is 0.662. The molecule has 3 rings (SSSR count). The monoisotopic (exact) mass is 245 g/mol. The number of hydrogen-bond acceptors (Lipinski definition) is 3. The fourth-order valence-corrected chi connectivity index (χ4v) is 3.08. The first kappa shape index (κ1) is 12.0. The van der Waals surface area contributed by atoms with E-state index in [0.717, 1.165) is 13.1 Å². The van der Waals surface area contributed by atoms with Crippen LogP contribution in [0, 0.1) is 0 Å². The molecule has 1 aromatic carbocycles. The summed E-state index contributed by atoms with van der Waals surface area (Å²) in [6.45, 7) is 4.52. The second kappa shape index (κ2) is 5.29. The smallest absolute Gasteiger partial charge is 0.0418 e. The third-order valence-electron chi connectivity index (χ3n) is 4.13. The average Bonchev–Trinajstić information content (AvgIpc) is 2.82. The lowest BCUT2D eigenvalue weighted by Gasteiger charge is -2.22. The highest BCUT2D eigenvalue weighted by Gasteiger charge is 2.19. The number of para-hydroxylation sites is 1. The van der Waals surface area contributed by atoms with E-state index in [4.69, 9.17) is 0 Å². The van der Waals surface area contributed by atoms with Gasteiger partial charge >= 0.3 is 0 Å². The van der Waals surface area contributed by atoms with Gasteiger partial charge in [0.15, 0.2) is 0 Å². The topological polar surface area (TPSA) is 27.3 Å². The van der Waals surface area contributed by atoms with Gasteiger partial charge in [0.2, 0.25) is 0 Å². The van der Waals surface area contributed by atoms with Crippen LogP contribution in [0.4, 0.5) is 5.69 Å². The maximum atomic E-state index is 3.70. The van der Waals surface area contributed by atoms with Crippen LogP contribution in [-0.4, -0.2) is 37.6 Å². The lowest BCUT2D eigenvalue weighted by molar-refractivity contribution is 0.398. The van der Waals surface area contributed by atoms with E-state index in [-0.39, 0.29) is 0 Å². The highest BCUT2D eigenvalue weighted by molar-refractivity contribution is 5.59. The van der Waals surface area contributed by atoms with Crippen molar-refractivity contribution in [2.45, 2.75) is 31.8 Å². The molecule has 0 bridgehead atoms. The number of benzene rings is 1. The second-order valence-electron chi connectivity index (χ2n) is 5.61. The van der Waals surface area contributed by atoms with Crippen molar-refractivity contribution in [2.75, 3.05) is 32.0 Å². The van der Waals surface area contributed by atoms with Gasteiger partial charge in [-0.25, -0.2) is 0 Å². The first-order valence-corrected chi connectivity index (χ1v) is 7.09. The van der Waals surface area contributed by atoms with Crippen molar-refractivity contribution in [3.63, 3.8) is 0 Å². The maximum absolute atomic E-state index is 3.70. The Hall–Kier alpha value is -1.06. The number of nitrogens with zero attached hydrogens (tertiary/aromatic N) is 1. The summed E-state index contributed by atoms with van der Waals surface area (Å²) >= 11 is 0. The summed E-state index contributed by atoms with van der Waals surface area (Å²) in [7, 11) is 2.20. The number of nitrogens with one attached hydrogen (secondary N) is 2. The van der Waals surface area contributed by atoms with Crippen LogP contribution >= 0.6 is 0 Å². The molecule has 0 saturated carbocycles. The predicted molar refractivity (Wildman–Crippen MR) is 76.0 cm³/mol. The third kappa shape index (κ3) is 2.52. The normalized spacial score (nSPS) is 23.7. The molecule has 0 amide bonds. The summed E-state index contributed by atoms with van der Waals surface area (Å²) in [6.07, 6.45) is 3.76. The zero-order chi connectivity index (χ0) is 12.4. The van der Waals surface area contributed by atoms with Gasteiger partial charge < -0.3 is 15.5 Å². The third-order valence-corrected chi connectivity index (χ3v) is 4.13. The van der Waals surface area contributed by atoms with Crippen LogP contribution in [0.25, 0.3) is 0 Å². The number of anilines is 1. The SMILES string of the molecule is CN1CCC(NCc2cccc3c2NCCC3)C1. The van der Waals surface area contributed by atoms with E-state index in [2.05, 4.69) is 40.8 Å². The highest BCUT2D eigenvalue weighted by Crippen LogP contribution is 2.26.